The predicted octanol–water partition coefficient (Wildman–Crippen LogP) is 3.93. The number of fused-ring (bicyclic) bond motifs is 1. The highest BCUT2D eigenvalue weighted by atomic mass is 79.9. The van der Waals surface area contributed by atoms with Gasteiger partial charge in [0.25, 0.3) is 0 Å². The Balaban J connectivity index is 2.58. The zero-order valence-corrected chi connectivity index (χ0v) is 15.6. The molecule has 0 aliphatic heterocycles. The molecule has 23 heavy (non-hydrogen) atoms. The van der Waals surface area contributed by atoms with Crippen molar-refractivity contribution < 1.29 is 9.47 Å². The molecule has 7 heteroatoms. The highest BCUT2D eigenvalue weighted by molar-refractivity contribution is 9.10. The van der Waals surface area contributed by atoms with Gasteiger partial charge in [-0.1, -0.05) is 12.7 Å². The summed E-state index contributed by atoms with van der Waals surface area (Å²) in [6.45, 7) is 3.90. The lowest BCUT2D eigenvalue weighted by Gasteiger charge is -2.11. The van der Waals surface area contributed by atoms with E-state index in [9.17, 15) is 0 Å². The molecule has 0 atom stereocenters. The van der Waals surface area contributed by atoms with Crippen molar-refractivity contribution in [3.05, 3.63) is 58.9 Å². The summed E-state index contributed by atoms with van der Waals surface area (Å²) in [4.78, 5) is 4.30. The maximum Gasteiger partial charge on any atom is 0.157 e. The highest BCUT2D eigenvalue weighted by Crippen LogP contribution is 2.22. The quantitative estimate of drug-likeness (QED) is 0.524. The number of aromatic nitrogens is 3. The van der Waals surface area contributed by atoms with Crippen molar-refractivity contribution in [3.63, 3.8) is 0 Å². The third-order valence-corrected chi connectivity index (χ3v) is 4.09. The first-order chi connectivity index (χ1) is 11.1. The normalized spacial score (nSPS) is 13.0. The molecule has 0 aromatic carbocycles. The Kier molecular flexibility index (Phi) is 6.29. The molecule has 0 amide bonds. The van der Waals surface area contributed by atoms with Crippen LogP contribution in [0.15, 0.2) is 53.2 Å². The van der Waals surface area contributed by atoms with Crippen molar-refractivity contribution in [3.8, 4) is 0 Å². The minimum absolute atomic E-state index is 0.660. The van der Waals surface area contributed by atoms with Gasteiger partial charge in [0.2, 0.25) is 0 Å². The van der Waals surface area contributed by atoms with E-state index < -0.39 is 0 Å². The van der Waals surface area contributed by atoms with Gasteiger partial charge in [-0.3, -0.25) is 0 Å². The summed E-state index contributed by atoms with van der Waals surface area (Å²) >= 11 is 5.04. The number of ether oxygens (including phenoxy) is 2. The Morgan fingerprint density at radius 2 is 2.22 bits per heavy atom. The van der Waals surface area contributed by atoms with Gasteiger partial charge in [0.1, 0.15) is 10.4 Å². The highest BCUT2D eigenvalue weighted by Gasteiger charge is 2.11. The van der Waals surface area contributed by atoms with Crippen LogP contribution in [0.2, 0.25) is 0 Å². The van der Waals surface area contributed by atoms with Gasteiger partial charge in [-0.25, -0.2) is 9.50 Å². The summed E-state index contributed by atoms with van der Waals surface area (Å²) in [5.74, 6) is 2.15. The van der Waals surface area contributed by atoms with E-state index >= 15 is 0 Å². The van der Waals surface area contributed by atoms with Gasteiger partial charge >= 0.3 is 0 Å². The Morgan fingerprint density at radius 3 is 2.83 bits per heavy atom. The first kappa shape index (κ1) is 17.6. The Bertz CT molecular complexity index is 768. The molecule has 0 fully saturated rings. The second kappa shape index (κ2) is 8.21. The first-order valence-electron chi connectivity index (χ1n) is 6.79. The van der Waals surface area contributed by atoms with E-state index in [4.69, 9.17) is 9.47 Å². The summed E-state index contributed by atoms with van der Waals surface area (Å²) in [5.41, 5.74) is 2.48. The zero-order valence-electron chi connectivity index (χ0n) is 13.2. The monoisotopic (exact) mass is 395 g/mol. The van der Waals surface area contributed by atoms with Crippen LogP contribution in [-0.4, -0.2) is 40.8 Å². The van der Waals surface area contributed by atoms with E-state index in [0.717, 1.165) is 33.0 Å². The van der Waals surface area contributed by atoms with E-state index in [1.54, 1.807) is 42.8 Å². The number of thioether (sulfide) groups is 1. The van der Waals surface area contributed by atoms with Crippen LogP contribution in [0.25, 0.3) is 11.2 Å². The minimum atomic E-state index is 0.660. The Morgan fingerprint density at radius 1 is 1.43 bits per heavy atom. The van der Waals surface area contributed by atoms with Gasteiger partial charge in [-0.05, 0) is 34.3 Å². The van der Waals surface area contributed by atoms with E-state index in [2.05, 4.69) is 32.6 Å². The molecule has 2 heterocycles. The third kappa shape index (κ3) is 3.97. The molecular weight excluding hydrogens is 378 g/mol. The number of halogens is 1. The third-order valence-electron chi connectivity index (χ3n) is 3.15. The van der Waals surface area contributed by atoms with Crippen LogP contribution in [0.1, 0.15) is 5.69 Å². The average molecular weight is 396 g/mol. The maximum atomic E-state index is 5.49. The predicted molar refractivity (Wildman–Crippen MR) is 98.3 cm³/mol. The zero-order chi connectivity index (χ0) is 16.8. The fourth-order valence-corrected chi connectivity index (χ4v) is 2.97. The SMILES string of the molecule is C=C/C(=C\C(OC)=C(/CSC)OC)c1ccnc2cc(Br)nn12. The Labute approximate surface area is 148 Å². The average Bonchev–Trinajstić information content (AvgIpc) is 2.94. The van der Waals surface area contributed by atoms with Crippen LogP contribution in [0.3, 0.4) is 0 Å². The number of hydrogen-bond donors (Lipinski definition) is 0. The molecule has 0 saturated heterocycles. The first-order valence-corrected chi connectivity index (χ1v) is 8.98. The van der Waals surface area contributed by atoms with Gasteiger partial charge in [-0.15, -0.1) is 0 Å². The molecular formula is C16H18BrN3O2S. The van der Waals surface area contributed by atoms with E-state index in [-0.39, 0.29) is 0 Å². The van der Waals surface area contributed by atoms with Gasteiger partial charge in [0.05, 0.1) is 25.7 Å². The molecule has 0 saturated carbocycles. The molecule has 0 unspecified atom stereocenters. The van der Waals surface area contributed by atoms with Crippen LogP contribution in [0.5, 0.6) is 0 Å². The number of rotatable bonds is 7. The van der Waals surface area contributed by atoms with Crippen molar-refractivity contribution in [2.75, 3.05) is 26.2 Å². The van der Waals surface area contributed by atoms with E-state index in [0.29, 0.717) is 5.76 Å². The van der Waals surface area contributed by atoms with Crippen molar-refractivity contribution in [1.29, 1.82) is 0 Å². The number of hydrogen-bond acceptors (Lipinski definition) is 5. The molecule has 0 aliphatic rings. The van der Waals surface area contributed by atoms with Gasteiger partial charge in [0.15, 0.2) is 11.4 Å². The smallest absolute Gasteiger partial charge is 0.157 e. The molecule has 2 rings (SSSR count). The van der Waals surface area contributed by atoms with Crippen molar-refractivity contribution in [2.45, 2.75) is 0 Å². The lowest BCUT2D eigenvalue weighted by atomic mass is 10.1. The standard InChI is InChI=1S/C16H18BrN3O2S/c1-5-11(8-13(21-2)14(22-3)10-23-4)12-6-7-18-16-9-15(17)19-20(12)16/h5-9H,1,10H2,2-4H3/b11-8+,14-13-. The van der Waals surface area contributed by atoms with Gasteiger partial charge in [0, 0.05) is 17.8 Å². The molecule has 5 nitrogen and oxygen atoms in total. The summed E-state index contributed by atoms with van der Waals surface area (Å²) in [5, 5.41) is 4.41. The Hall–Kier alpha value is -1.73. The molecule has 2 aromatic rings. The lowest BCUT2D eigenvalue weighted by molar-refractivity contribution is 0.234. The fourth-order valence-electron chi connectivity index (χ4n) is 2.08. The minimum Gasteiger partial charge on any atom is -0.496 e. The van der Waals surface area contributed by atoms with Gasteiger partial charge in [-0.2, -0.15) is 16.9 Å². The second-order valence-electron chi connectivity index (χ2n) is 4.50. The number of nitrogens with zero attached hydrogens (tertiary/aromatic N) is 3. The molecule has 2 aromatic heterocycles. The van der Waals surface area contributed by atoms with Crippen LogP contribution >= 0.6 is 27.7 Å². The van der Waals surface area contributed by atoms with Crippen LogP contribution in [-0.2, 0) is 9.47 Å². The molecule has 0 radical (unpaired) electrons. The van der Waals surface area contributed by atoms with Gasteiger partial charge < -0.3 is 9.47 Å². The number of allylic oxidation sites excluding steroid dienone is 3. The number of methoxy groups -OCH3 is 2. The lowest BCUT2D eigenvalue weighted by Crippen LogP contribution is -2.01. The molecule has 0 N–H and O–H groups in total. The molecule has 0 aliphatic carbocycles. The van der Waals surface area contributed by atoms with Crippen molar-refractivity contribution >= 4 is 38.9 Å². The summed E-state index contributed by atoms with van der Waals surface area (Å²) in [7, 11) is 3.26. The second-order valence-corrected chi connectivity index (χ2v) is 6.18. The molecule has 0 spiro atoms. The van der Waals surface area contributed by atoms with Crippen molar-refractivity contribution in [2.24, 2.45) is 0 Å². The van der Waals surface area contributed by atoms with Crippen molar-refractivity contribution in [1.82, 2.24) is 14.6 Å². The van der Waals surface area contributed by atoms with Crippen LogP contribution < -0.4 is 0 Å². The summed E-state index contributed by atoms with van der Waals surface area (Å²) in [6.07, 6.45) is 7.41. The largest absolute Gasteiger partial charge is 0.496 e. The molecule has 0 bridgehead atoms. The van der Waals surface area contributed by atoms with E-state index in [1.807, 2.05) is 24.5 Å². The summed E-state index contributed by atoms with van der Waals surface area (Å²) in [6, 6.07) is 3.74. The maximum absolute atomic E-state index is 5.49. The summed E-state index contributed by atoms with van der Waals surface area (Å²) < 4.78 is 13.4. The topological polar surface area (TPSA) is 48.7 Å². The van der Waals surface area contributed by atoms with Crippen LogP contribution in [0, 0.1) is 0 Å². The van der Waals surface area contributed by atoms with E-state index in [1.165, 1.54) is 0 Å². The molecule has 122 valence electrons. The fraction of sp³-hybridized carbons (Fsp3) is 0.250. The van der Waals surface area contributed by atoms with Crippen LogP contribution in [0.4, 0.5) is 0 Å².